The summed E-state index contributed by atoms with van der Waals surface area (Å²) >= 11 is 0. The highest BCUT2D eigenvalue weighted by molar-refractivity contribution is 5.65. The van der Waals surface area contributed by atoms with Crippen LogP contribution in [0.15, 0.2) is 78.9 Å². The second-order valence-electron chi connectivity index (χ2n) is 7.50. The Morgan fingerprint density at radius 1 is 0.559 bits per heavy atom. The normalized spacial score (nSPS) is 10.0. The Morgan fingerprint density at radius 3 is 1.50 bits per heavy atom. The summed E-state index contributed by atoms with van der Waals surface area (Å²) in [6, 6.07) is 22.7. The Balaban J connectivity index is 0.000000225. The highest BCUT2D eigenvalue weighted by atomic mass is 19.2. The number of hydrogen-bond donors (Lipinski definition) is 1. The molecule has 0 spiro atoms. The monoisotopic (exact) mass is 467 g/mol. The molecule has 0 unspecified atom stereocenters. The molecule has 0 fully saturated rings. The van der Waals surface area contributed by atoms with Gasteiger partial charge in [-0.1, -0.05) is 80.1 Å². The quantitative estimate of drug-likeness (QED) is 0.238. The van der Waals surface area contributed by atoms with E-state index < -0.39 is 23.3 Å². The molecule has 2 N–H and O–H groups in total. The summed E-state index contributed by atoms with van der Waals surface area (Å²) in [5.41, 5.74) is 11.2. The minimum absolute atomic E-state index is 0.0288. The van der Waals surface area contributed by atoms with Gasteiger partial charge >= 0.3 is 0 Å². The summed E-state index contributed by atoms with van der Waals surface area (Å²) in [5, 5.41) is 0. The molecule has 0 aliphatic rings. The first kappa shape index (κ1) is 26.8. The molecule has 1 nitrogen and oxygen atoms in total. The van der Waals surface area contributed by atoms with Crippen LogP contribution in [0.1, 0.15) is 30.5 Å². The molecule has 178 valence electrons. The van der Waals surface area contributed by atoms with Gasteiger partial charge in [-0.15, -0.1) is 0 Å². The first-order valence-corrected chi connectivity index (χ1v) is 11.1. The van der Waals surface area contributed by atoms with Gasteiger partial charge in [0.05, 0.1) is 0 Å². The second-order valence-corrected chi connectivity index (χ2v) is 7.50. The van der Waals surface area contributed by atoms with E-state index in [4.69, 9.17) is 5.73 Å². The summed E-state index contributed by atoms with van der Waals surface area (Å²) in [6.45, 7) is 8.40. The highest BCUT2D eigenvalue weighted by Gasteiger charge is 2.13. The summed E-state index contributed by atoms with van der Waals surface area (Å²) in [4.78, 5) is 0. The summed E-state index contributed by atoms with van der Waals surface area (Å²) in [5.74, 6) is -4.82. The summed E-state index contributed by atoms with van der Waals surface area (Å²) < 4.78 is 52.3. The van der Waals surface area contributed by atoms with Crippen molar-refractivity contribution in [2.75, 3.05) is 0 Å². The minimum atomic E-state index is -1.55. The van der Waals surface area contributed by atoms with Crippen molar-refractivity contribution >= 4 is 0 Å². The molecule has 0 aliphatic heterocycles. The number of rotatable bonds is 3. The zero-order valence-electron chi connectivity index (χ0n) is 19.8. The molecule has 4 rings (SSSR count). The predicted molar refractivity (Wildman–Crippen MR) is 132 cm³/mol. The highest BCUT2D eigenvalue weighted by Crippen LogP contribution is 2.26. The van der Waals surface area contributed by atoms with Crippen molar-refractivity contribution in [3.05, 3.63) is 119 Å². The molecule has 0 radical (unpaired) electrons. The van der Waals surface area contributed by atoms with E-state index in [1.54, 1.807) is 13.0 Å². The van der Waals surface area contributed by atoms with Crippen LogP contribution in [0.2, 0.25) is 0 Å². The number of hydrogen-bond acceptors (Lipinski definition) is 1. The first-order valence-electron chi connectivity index (χ1n) is 11.1. The maximum atomic E-state index is 13.6. The van der Waals surface area contributed by atoms with Gasteiger partial charge in [0.15, 0.2) is 17.5 Å². The van der Waals surface area contributed by atoms with Gasteiger partial charge < -0.3 is 5.73 Å². The van der Waals surface area contributed by atoms with Crippen LogP contribution >= 0.6 is 0 Å². The van der Waals surface area contributed by atoms with Crippen LogP contribution < -0.4 is 5.73 Å². The molecule has 0 atom stereocenters. The lowest BCUT2D eigenvalue weighted by molar-refractivity contribution is 0.447. The van der Waals surface area contributed by atoms with Gasteiger partial charge in [-0.3, -0.25) is 0 Å². The van der Waals surface area contributed by atoms with E-state index in [1.165, 1.54) is 34.4 Å². The lowest BCUT2D eigenvalue weighted by Crippen LogP contribution is -1.95. The fourth-order valence-corrected chi connectivity index (χ4v) is 3.14. The van der Waals surface area contributed by atoms with Crippen LogP contribution in [0.3, 0.4) is 0 Å². The molecular formula is C29H29F4N. The van der Waals surface area contributed by atoms with Crippen molar-refractivity contribution in [3.8, 4) is 22.3 Å². The van der Waals surface area contributed by atoms with Gasteiger partial charge in [-0.05, 0) is 59.9 Å². The Kier molecular flexibility index (Phi) is 10.0. The third-order valence-electron chi connectivity index (χ3n) is 4.99. The van der Waals surface area contributed by atoms with Crippen LogP contribution in [0.4, 0.5) is 17.6 Å². The Morgan fingerprint density at radius 2 is 1.03 bits per heavy atom. The zero-order chi connectivity index (χ0) is 25.3. The lowest BCUT2D eigenvalue weighted by Gasteiger charge is -2.05. The third kappa shape index (κ3) is 7.03. The second kappa shape index (κ2) is 12.7. The number of halogens is 4. The Hall–Kier alpha value is -3.44. The predicted octanol–water partition coefficient (Wildman–Crippen LogP) is 8.37. The van der Waals surface area contributed by atoms with Gasteiger partial charge in [0, 0.05) is 12.1 Å². The third-order valence-corrected chi connectivity index (χ3v) is 4.99. The van der Waals surface area contributed by atoms with Gasteiger partial charge in [0.25, 0.3) is 0 Å². The lowest BCUT2D eigenvalue weighted by atomic mass is 10.0. The van der Waals surface area contributed by atoms with Crippen LogP contribution in [0.5, 0.6) is 0 Å². The van der Waals surface area contributed by atoms with Gasteiger partial charge in [-0.25, -0.2) is 17.6 Å². The number of nitrogens with two attached hydrogens (primary N) is 1. The van der Waals surface area contributed by atoms with Crippen molar-refractivity contribution in [2.24, 2.45) is 5.73 Å². The Bertz CT molecular complexity index is 1180. The molecule has 0 amide bonds. The van der Waals surface area contributed by atoms with Gasteiger partial charge in [-0.2, -0.15) is 0 Å². The van der Waals surface area contributed by atoms with Crippen molar-refractivity contribution < 1.29 is 17.6 Å². The minimum Gasteiger partial charge on any atom is -0.326 e. The van der Waals surface area contributed by atoms with E-state index in [1.807, 2.05) is 13.8 Å². The number of benzene rings is 4. The fraction of sp³-hybridized carbons (Fsp3) is 0.172. The largest absolute Gasteiger partial charge is 0.326 e. The first-order chi connectivity index (χ1) is 16.3. The molecule has 0 aliphatic carbocycles. The Labute approximate surface area is 198 Å². The molecule has 4 aromatic rings. The van der Waals surface area contributed by atoms with E-state index in [-0.39, 0.29) is 11.1 Å². The van der Waals surface area contributed by atoms with Crippen molar-refractivity contribution in [1.29, 1.82) is 0 Å². The smallest absolute Gasteiger partial charge is 0.194 e. The molecule has 0 saturated carbocycles. The van der Waals surface area contributed by atoms with Crippen molar-refractivity contribution in [1.82, 2.24) is 0 Å². The topological polar surface area (TPSA) is 26.0 Å². The average molecular weight is 468 g/mol. The molecule has 34 heavy (non-hydrogen) atoms. The maximum absolute atomic E-state index is 13.6. The van der Waals surface area contributed by atoms with E-state index in [9.17, 15) is 17.6 Å². The fourth-order valence-electron chi connectivity index (χ4n) is 3.14. The van der Waals surface area contributed by atoms with E-state index in [0.29, 0.717) is 12.1 Å². The molecule has 4 aromatic carbocycles. The maximum Gasteiger partial charge on any atom is 0.194 e. The van der Waals surface area contributed by atoms with Crippen LogP contribution in [0, 0.1) is 37.1 Å². The van der Waals surface area contributed by atoms with Crippen LogP contribution in [0.25, 0.3) is 22.3 Å². The van der Waals surface area contributed by atoms with E-state index in [2.05, 4.69) is 55.5 Å². The number of aryl methyl sites for hydroxylation is 2. The van der Waals surface area contributed by atoms with Gasteiger partial charge in [0.1, 0.15) is 5.82 Å². The van der Waals surface area contributed by atoms with Crippen molar-refractivity contribution in [3.63, 3.8) is 0 Å². The molecule has 0 heterocycles. The molecular weight excluding hydrogens is 438 g/mol. The van der Waals surface area contributed by atoms with Gasteiger partial charge in [0.2, 0.25) is 0 Å². The SMILES string of the molecule is CC.Cc1ccc(-c2cc(F)c(F)c(F)c2)c(F)c1.Cc1ccc(-c2ccc(CN)cc2)cc1. The molecule has 0 aromatic heterocycles. The summed E-state index contributed by atoms with van der Waals surface area (Å²) in [7, 11) is 0. The van der Waals surface area contributed by atoms with Crippen molar-refractivity contribution in [2.45, 2.75) is 34.2 Å². The molecule has 5 heteroatoms. The van der Waals surface area contributed by atoms with Crippen LogP contribution in [-0.2, 0) is 6.54 Å². The van der Waals surface area contributed by atoms with E-state index in [0.717, 1.165) is 12.1 Å². The molecule has 0 bridgehead atoms. The standard InChI is InChI=1S/C14H15N.C13H8F4.C2H6/c1-11-2-6-13(7-3-11)14-8-4-12(10-15)5-9-14;1-7-2-3-9(10(14)4-7)8-5-11(15)13(17)12(16)6-8;1-2/h2-9H,10,15H2,1H3;2-6H,1H3;1-2H3. The zero-order valence-corrected chi connectivity index (χ0v) is 19.8. The summed E-state index contributed by atoms with van der Waals surface area (Å²) in [6.07, 6.45) is 0. The average Bonchev–Trinajstić information content (AvgIpc) is 2.84. The van der Waals surface area contributed by atoms with Crippen LogP contribution in [-0.4, -0.2) is 0 Å². The molecule has 0 saturated heterocycles. The van der Waals surface area contributed by atoms with E-state index >= 15 is 0 Å².